The van der Waals surface area contributed by atoms with Gasteiger partial charge in [0.2, 0.25) is 5.91 Å². The topological polar surface area (TPSA) is 63.7 Å². The normalized spacial score (nSPS) is 10.4. The number of rotatable bonds is 12. The highest BCUT2D eigenvalue weighted by atomic mass is 16.5. The van der Waals surface area contributed by atoms with Gasteiger partial charge in [-0.2, -0.15) is 0 Å². The molecule has 144 valence electrons. The van der Waals surface area contributed by atoms with Gasteiger partial charge in [0.25, 0.3) is 0 Å². The van der Waals surface area contributed by atoms with Gasteiger partial charge < -0.3 is 9.64 Å². The molecule has 0 bridgehead atoms. The molecule has 0 aromatic heterocycles. The van der Waals surface area contributed by atoms with Gasteiger partial charge in [-0.1, -0.05) is 56.0 Å². The number of esters is 1. The Morgan fingerprint density at radius 2 is 1.62 bits per heavy atom. The zero-order valence-electron chi connectivity index (χ0n) is 16.3. The zero-order chi connectivity index (χ0) is 19.4. The molecule has 0 heterocycles. The summed E-state index contributed by atoms with van der Waals surface area (Å²) in [5.74, 6) is -0.435. The lowest BCUT2D eigenvalue weighted by atomic mass is 10.0. The Morgan fingerprint density at radius 3 is 2.23 bits per heavy atom. The molecular weight excluding hydrogens is 330 g/mol. The second kappa shape index (κ2) is 12.2. The summed E-state index contributed by atoms with van der Waals surface area (Å²) in [6, 6.07) is 7.38. The Morgan fingerprint density at radius 1 is 0.923 bits per heavy atom. The van der Waals surface area contributed by atoms with Gasteiger partial charge in [-0.15, -0.1) is 0 Å². The van der Waals surface area contributed by atoms with Crippen LogP contribution in [0.4, 0.5) is 0 Å². The molecule has 0 saturated heterocycles. The van der Waals surface area contributed by atoms with Crippen molar-refractivity contribution in [2.75, 3.05) is 20.2 Å². The largest absolute Gasteiger partial charge is 0.469 e. The molecule has 0 unspecified atom stereocenters. The molecule has 1 aromatic rings. The number of aryl methyl sites for hydroxylation is 1. The maximum Gasteiger partial charge on any atom is 0.307 e. The molecule has 0 N–H and O–H groups in total. The van der Waals surface area contributed by atoms with Crippen molar-refractivity contribution in [3.63, 3.8) is 0 Å². The van der Waals surface area contributed by atoms with Gasteiger partial charge in [0.15, 0.2) is 5.78 Å². The van der Waals surface area contributed by atoms with Gasteiger partial charge in [-0.05, 0) is 13.3 Å². The third kappa shape index (κ3) is 8.28. The van der Waals surface area contributed by atoms with Crippen LogP contribution in [0.5, 0.6) is 0 Å². The van der Waals surface area contributed by atoms with Gasteiger partial charge in [-0.25, -0.2) is 0 Å². The van der Waals surface area contributed by atoms with Crippen LogP contribution >= 0.6 is 0 Å². The van der Waals surface area contributed by atoms with Crippen molar-refractivity contribution >= 4 is 17.7 Å². The van der Waals surface area contributed by atoms with Crippen LogP contribution in [0.1, 0.15) is 67.8 Å². The predicted molar refractivity (Wildman–Crippen MR) is 102 cm³/mol. The third-order valence-electron chi connectivity index (χ3n) is 4.39. The van der Waals surface area contributed by atoms with Crippen LogP contribution in [-0.4, -0.2) is 42.8 Å². The summed E-state index contributed by atoms with van der Waals surface area (Å²) in [4.78, 5) is 37.8. The predicted octanol–water partition coefficient (Wildman–Crippen LogP) is 3.93. The molecule has 0 spiro atoms. The number of hydrogen-bond donors (Lipinski definition) is 0. The second-order valence-corrected chi connectivity index (χ2v) is 6.56. The Labute approximate surface area is 156 Å². The van der Waals surface area contributed by atoms with Crippen LogP contribution in [0.15, 0.2) is 24.3 Å². The van der Waals surface area contributed by atoms with E-state index < -0.39 is 0 Å². The number of methoxy groups -OCH3 is 1. The average molecular weight is 361 g/mol. The number of Topliss-reactive ketones (excluding diaryl/α,β-unsaturated/α-hetero) is 1. The first-order valence-electron chi connectivity index (χ1n) is 9.42. The molecule has 0 fully saturated rings. The van der Waals surface area contributed by atoms with Crippen molar-refractivity contribution in [3.05, 3.63) is 35.4 Å². The number of amides is 1. The number of ketones is 1. The van der Waals surface area contributed by atoms with Crippen LogP contribution in [-0.2, 0) is 14.3 Å². The van der Waals surface area contributed by atoms with E-state index >= 15 is 0 Å². The van der Waals surface area contributed by atoms with E-state index in [-0.39, 0.29) is 36.9 Å². The van der Waals surface area contributed by atoms with Crippen molar-refractivity contribution in [1.29, 1.82) is 0 Å². The highest BCUT2D eigenvalue weighted by molar-refractivity contribution is 5.98. The quantitative estimate of drug-likeness (QED) is 0.321. The van der Waals surface area contributed by atoms with Crippen LogP contribution < -0.4 is 0 Å². The van der Waals surface area contributed by atoms with Crippen LogP contribution in [0, 0.1) is 6.92 Å². The molecule has 0 atom stereocenters. The summed E-state index contributed by atoms with van der Waals surface area (Å²) in [5, 5.41) is 0. The van der Waals surface area contributed by atoms with Crippen LogP contribution in [0.25, 0.3) is 0 Å². The summed E-state index contributed by atoms with van der Waals surface area (Å²) < 4.78 is 4.66. The first-order valence-corrected chi connectivity index (χ1v) is 9.42. The van der Waals surface area contributed by atoms with E-state index in [0.29, 0.717) is 18.7 Å². The van der Waals surface area contributed by atoms with Crippen molar-refractivity contribution in [2.24, 2.45) is 0 Å². The van der Waals surface area contributed by atoms with E-state index in [4.69, 9.17) is 0 Å². The molecule has 0 radical (unpaired) electrons. The minimum atomic E-state index is -0.327. The summed E-state index contributed by atoms with van der Waals surface area (Å²) >= 11 is 0. The number of hydrogen-bond acceptors (Lipinski definition) is 4. The fraction of sp³-hybridized carbons (Fsp3) is 0.571. The number of benzene rings is 1. The summed E-state index contributed by atoms with van der Waals surface area (Å²) in [6.45, 7) is 5.07. The minimum absolute atomic E-state index is 0.0303. The van der Waals surface area contributed by atoms with E-state index in [9.17, 15) is 14.4 Å². The van der Waals surface area contributed by atoms with E-state index in [2.05, 4.69) is 11.7 Å². The number of carbonyl (C=O) groups is 3. The first kappa shape index (κ1) is 21.9. The van der Waals surface area contributed by atoms with E-state index in [1.807, 2.05) is 19.1 Å². The fourth-order valence-electron chi connectivity index (χ4n) is 2.68. The van der Waals surface area contributed by atoms with Gasteiger partial charge in [-0.3, -0.25) is 14.4 Å². The van der Waals surface area contributed by atoms with E-state index in [1.54, 1.807) is 17.0 Å². The molecule has 0 aliphatic carbocycles. The van der Waals surface area contributed by atoms with Crippen molar-refractivity contribution in [3.8, 4) is 0 Å². The Hall–Kier alpha value is -2.17. The lowest BCUT2D eigenvalue weighted by Gasteiger charge is -2.22. The SMILES string of the molecule is CCCCCCN(CCC(=O)OC)C(=O)CCC(=O)c1ccc(C)cc1. The second-order valence-electron chi connectivity index (χ2n) is 6.56. The molecule has 5 nitrogen and oxygen atoms in total. The summed E-state index contributed by atoms with van der Waals surface area (Å²) in [6.07, 6.45) is 4.76. The molecule has 0 aliphatic rings. The highest BCUT2D eigenvalue weighted by Crippen LogP contribution is 2.10. The lowest BCUT2D eigenvalue weighted by molar-refractivity contribution is -0.141. The fourth-order valence-corrected chi connectivity index (χ4v) is 2.68. The van der Waals surface area contributed by atoms with Gasteiger partial charge in [0, 0.05) is 31.5 Å². The third-order valence-corrected chi connectivity index (χ3v) is 4.39. The smallest absolute Gasteiger partial charge is 0.307 e. The monoisotopic (exact) mass is 361 g/mol. The van der Waals surface area contributed by atoms with Crippen LogP contribution in [0.2, 0.25) is 0 Å². The minimum Gasteiger partial charge on any atom is -0.469 e. The molecule has 1 rings (SSSR count). The number of unbranched alkanes of at least 4 members (excludes halogenated alkanes) is 3. The molecule has 26 heavy (non-hydrogen) atoms. The molecule has 0 saturated carbocycles. The Balaban J connectivity index is 2.54. The van der Waals surface area contributed by atoms with Crippen molar-refractivity contribution in [2.45, 2.75) is 58.8 Å². The van der Waals surface area contributed by atoms with Gasteiger partial charge >= 0.3 is 5.97 Å². The van der Waals surface area contributed by atoms with Crippen LogP contribution in [0.3, 0.4) is 0 Å². The Kier molecular flexibility index (Phi) is 10.3. The van der Waals surface area contributed by atoms with E-state index in [0.717, 1.165) is 31.2 Å². The standard InChI is InChI=1S/C21H31NO4/c1-4-5-6-7-15-22(16-14-21(25)26-3)20(24)13-12-19(23)18-10-8-17(2)9-11-18/h8-11H,4-7,12-16H2,1-3H3. The van der Waals surface area contributed by atoms with Gasteiger partial charge in [0.1, 0.15) is 0 Å². The maximum absolute atomic E-state index is 12.5. The maximum atomic E-state index is 12.5. The van der Waals surface area contributed by atoms with Crippen molar-refractivity contribution < 1.29 is 19.1 Å². The summed E-state index contributed by atoms with van der Waals surface area (Å²) in [7, 11) is 1.34. The van der Waals surface area contributed by atoms with Gasteiger partial charge in [0.05, 0.1) is 13.5 Å². The molecule has 1 aromatic carbocycles. The Bertz CT molecular complexity index is 580. The molecule has 5 heteroatoms. The van der Waals surface area contributed by atoms with Crippen molar-refractivity contribution in [1.82, 2.24) is 4.90 Å². The van der Waals surface area contributed by atoms with E-state index in [1.165, 1.54) is 7.11 Å². The molecule has 1 amide bonds. The highest BCUT2D eigenvalue weighted by Gasteiger charge is 2.17. The zero-order valence-corrected chi connectivity index (χ0v) is 16.3. The number of ether oxygens (including phenoxy) is 1. The summed E-state index contributed by atoms with van der Waals surface area (Å²) in [5.41, 5.74) is 1.73. The number of carbonyl (C=O) groups excluding carboxylic acids is 3. The lowest BCUT2D eigenvalue weighted by Crippen LogP contribution is -2.34. The molecular formula is C21H31NO4. The molecule has 0 aliphatic heterocycles. The number of nitrogens with zero attached hydrogens (tertiary/aromatic N) is 1. The first-order chi connectivity index (χ1) is 12.5. The average Bonchev–Trinajstić information content (AvgIpc) is 2.65.